The van der Waals surface area contributed by atoms with Gasteiger partial charge in [-0.05, 0) is 6.42 Å². The minimum Gasteiger partial charge on any atom is -0.355 e. The third-order valence-electron chi connectivity index (χ3n) is 3.71. The topological polar surface area (TPSA) is 116 Å². The Morgan fingerprint density at radius 3 is 1.88 bits per heavy atom. The molecule has 1 amide bonds. The van der Waals surface area contributed by atoms with Crippen molar-refractivity contribution in [2.75, 3.05) is 26.2 Å². The molecule has 0 radical (unpaired) electrons. The van der Waals surface area contributed by atoms with Crippen LogP contribution in [0.15, 0.2) is 0 Å². The van der Waals surface area contributed by atoms with E-state index in [2.05, 4.69) is 10.4 Å². The van der Waals surface area contributed by atoms with Crippen molar-refractivity contribution < 1.29 is 23.8 Å². The summed E-state index contributed by atoms with van der Waals surface area (Å²) in [5, 5.41) is 5.19. The highest BCUT2D eigenvalue weighted by Crippen LogP contribution is 2.40. The zero-order chi connectivity index (χ0) is 19.3. The molecule has 0 aliphatic heterocycles. The fourth-order valence-corrected chi connectivity index (χ4v) is 3.41. The van der Waals surface area contributed by atoms with Crippen LogP contribution < -0.4 is 10.4 Å². The van der Waals surface area contributed by atoms with Gasteiger partial charge in [0.15, 0.2) is 0 Å². The largest absolute Gasteiger partial charge is 0.355 e. The van der Waals surface area contributed by atoms with Gasteiger partial charge in [-0.1, -0.05) is 20.8 Å². The molecule has 0 aliphatic rings. The number of nitrogens with zero attached hydrogens (tertiary/aromatic N) is 1. The summed E-state index contributed by atoms with van der Waals surface area (Å²) in [5.74, 6) is -0.103. The second-order valence-corrected chi connectivity index (χ2v) is 7.76. The van der Waals surface area contributed by atoms with Crippen molar-refractivity contribution >= 4 is 25.1 Å². The number of nitrogens with one attached hydrogen (secondary N) is 2. The summed E-state index contributed by atoms with van der Waals surface area (Å²) in [6, 6.07) is 0. The number of hydrogen-bond acceptors (Lipinski definition) is 4. The molecule has 1 atom stereocenters. The Hall–Kier alpha value is -1.08. The van der Waals surface area contributed by atoms with E-state index in [-0.39, 0.29) is 56.5 Å². The van der Waals surface area contributed by atoms with Gasteiger partial charge in [-0.3, -0.25) is 18.9 Å². The second-order valence-electron chi connectivity index (χ2n) is 5.79. The van der Waals surface area contributed by atoms with Crippen LogP contribution in [-0.4, -0.2) is 53.2 Å². The van der Waals surface area contributed by atoms with Gasteiger partial charge >= 0.3 is 7.67 Å². The Labute approximate surface area is 150 Å². The summed E-state index contributed by atoms with van der Waals surface area (Å²) < 4.78 is 13.8. The molecule has 146 valence electrons. The quantitative estimate of drug-likeness (QED) is 0.293. The van der Waals surface area contributed by atoms with E-state index in [9.17, 15) is 23.8 Å². The van der Waals surface area contributed by atoms with E-state index in [1.807, 2.05) is 6.92 Å². The van der Waals surface area contributed by atoms with Crippen LogP contribution in [-0.2, 0) is 18.9 Å². The van der Waals surface area contributed by atoms with Gasteiger partial charge in [0.1, 0.15) is 11.6 Å². The smallest absolute Gasteiger partial charge is 0.340 e. The van der Waals surface area contributed by atoms with Gasteiger partial charge in [-0.2, -0.15) is 0 Å². The highest BCUT2D eigenvalue weighted by atomic mass is 31.2. The van der Waals surface area contributed by atoms with Crippen LogP contribution in [0.4, 0.5) is 0 Å². The lowest BCUT2D eigenvalue weighted by molar-refractivity contribution is -0.121. The summed E-state index contributed by atoms with van der Waals surface area (Å²) in [6.07, 6.45) is 2.22. The van der Waals surface area contributed by atoms with Gasteiger partial charge in [0.05, 0.1) is 0 Å². The molecule has 25 heavy (non-hydrogen) atoms. The number of Topliss-reactive ketones (excluding diaryl/α,β-unsaturated/α-hetero) is 2. The van der Waals surface area contributed by atoms with E-state index >= 15 is 0 Å². The maximum absolute atomic E-state index is 12.5. The van der Waals surface area contributed by atoms with Gasteiger partial charge in [-0.15, -0.1) is 0 Å². The Kier molecular flexibility index (Phi) is 12.6. The predicted molar refractivity (Wildman–Crippen MR) is 97.1 cm³/mol. The van der Waals surface area contributed by atoms with E-state index in [4.69, 9.17) is 0 Å². The first-order chi connectivity index (χ1) is 11.8. The number of ketones is 2. The average molecular weight is 377 g/mol. The van der Waals surface area contributed by atoms with E-state index < -0.39 is 7.67 Å². The molecule has 0 aliphatic carbocycles. The highest BCUT2D eigenvalue weighted by molar-refractivity contribution is 7.53. The maximum atomic E-state index is 12.5. The van der Waals surface area contributed by atoms with Gasteiger partial charge in [0.2, 0.25) is 5.91 Å². The Morgan fingerprint density at radius 1 is 0.920 bits per heavy atom. The molecular formula is C16H32N3O5P. The van der Waals surface area contributed by atoms with Crippen molar-refractivity contribution in [2.45, 2.75) is 59.3 Å². The molecule has 0 heterocycles. The Balaban J connectivity index is 4.59. The van der Waals surface area contributed by atoms with E-state index in [1.54, 1.807) is 13.8 Å². The summed E-state index contributed by atoms with van der Waals surface area (Å²) >= 11 is 0. The van der Waals surface area contributed by atoms with E-state index in [0.29, 0.717) is 19.3 Å². The lowest BCUT2D eigenvalue weighted by Crippen LogP contribution is -2.36. The standard InChI is InChI=1S/C16H32N3O5P/c1-4-7-16(22)17-10-11-18-25(23,24)19(12-8-14(20)5-2)13-9-15(21)6-3/h4-13H2,1-3H3,(H,17,22)(H2,18,23,24). The van der Waals surface area contributed by atoms with Crippen LogP contribution in [0.1, 0.15) is 59.3 Å². The van der Waals surface area contributed by atoms with Crippen molar-refractivity contribution in [3.8, 4) is 0 Å². The maximum Gasteiger partial charge on any atom is 0.340 e. The molecule has 0 fully saturated rings. The number of hydrogen-bond donors (Lipinski definition) is 3. The summed E-state index contributed by atoms with van der Waals surface area (Å²) in [5.41, 5.74) is 0. The van der Waals surface area contributed by atoms with E-state index in [0.717, 1.165) is 6.42 Å². The van der Waals surface area contributed by atoms with E-state index in [1.165, 1.54) is 4.67 Å². The average Bonchev–Trinajstić information content (AvgIpc) is 2.58. The molecule has 9 heteroatoms. The Morgan fingerprint density at radius 2 is 1.44 bits per heavy atom. The number of rotatable bonds is 15. The fraction of sp³-hybridized carbons (Fsp3) is 0.812. The lowest BCUT2D eigenvalue weighted by Gasteiger charge is -2.27. The van der Waals surface area contributed by atoms with Gasteiger partial charge in [0, 0.05) is 58.3 Å². The minimum absolute atomic E-state index is 0.00125. The first kappa shape index (κ1) is 23.9. The summed E-state index contributed by atoms with van der Waals surface area (Å²) in [6.45, 7) is 5.97. The van der Waals surface area contributed by atoms with Crippen molar-refractivity contribution in [1.82, 2.24) is 15.1 Å². The lowest BCUT2D eigenvalue weighted by atomic mass is 10.2. The normalized spacial score (nSPS) is 13.5. The minimum atomic E-state index is -3.88. The van der Waals surface area contributed by atoms with Crippen molar-refractivity contribution in [1.29, 1.82) is 0 Å². The molecule has 8 nitrogen and oxygen atoms in total. The van der Waals surface area contributed by atoms with Crippen LogP contribution in [0.5, 0.6) is 0 Å². The number of carbonyl (C=O) groups excluding carboxylic acids is 3. The van der Waals surface area contributed by atoms with Crippen LogP contribution in [0.25, 0.3) is 0 Å². The van der Waals surface area contributed by atoms with Crippen molar-refractivity contribution in [3.63, 3.8) is 0 Å². The molecule has 0 spiro atoms. The van der Waals surface area contributed by atoms with Crippen molar-refractivity contribution in [3.05, 3.63) is 0 Å². The molecule has 0 aromatic heterocycles. The molecule has 0 aromatic rings. The molecule has 0 bridgehead atoms. The predicted octanol–water partition coefficient (Wildman–Crippen LogP) is 1.63. The zero-order valence-electron chi connectivity index (χ0n) is 15.5. The molecule has 0 saturated heterocycles. The SMILES string of the molecule is CCCC(=O)NCCNP(=O)(O)N(CCC(=O)CC)CCC(=O)CC. The first-order valence-corrected chi connectivity index (χ1v) is 10.5. The highest BCUT2D eigenvalue weighted by Gasteiger charge is 2.28. The third-order valence-corrected chi connectivity index (χ3v) is 5.51. The molecule has 0 rings (SSSR count). The van der Waals surface area contributed by atoms with Gasteiger partial charge in [0.25, 0.3) is 0 Å². The van der Waals surface area contributed by atoms with Crippen LogP contribution in [0.3, 0.4) is 0 Å². The van der Waals surface area contributed by atoms with Gasteiger partial charge < -0.3 is 10.2 Å². The Bertz CT molecular complexity index is 464. The summed E-state index contributed by atoms with van der Waals surface area (Å²) in [4.78, 5) is 44.6. The summed E-state index contributed by atoms with van der Waals surface area (Å²) in [7, 11) is -3.88. The molecule has 0 saturated carbocycles. The van der Waals surface area contributed by atoms with Crippen LogP contribution >= 0.6 is 7.67 Å². The number of carbonyl (C=O) groups is 3. The van der Waals surface area contributed by atoms with Crippen molar-refractivity contribution in [2.24, 2.45) is 0 Å². The molecule has 0 aromatic carbocycles. The monoisotopic (exact) mass is 377 g/mol. The molecule has 1 unspecified atom stereocenters. The molecule has 3 N–H and O–H groups in total. The number of amides is 1. The zero-order valence-corrected chi connectivity index (χ0v) is 16.4. The molecular weight excluding hydrogens is 345 g/mol. The van der Waals surface area contributed by atoms with Crippen LogP contribution in [0.2, 0.25) is 0 Å². The third kappa shape index (κ3) is 11.2. The second kappa shape index (κ2) is 13.2. The fourth-order valence-electron chi connectivity index (χ4n) is 2.06. The van der Waals surface area contributed by atoms with Crippen LogP contribution in [0, 0.1) is 0 Å². The van der Waals surface area contributed by atoms with Gasteiger partial charge in [-0.25, -0.2) is 9.76 Å². The first-order valence-electron chi connectivity index (χ1n) is 8.90.